The second-order valence-corrected chi connectivity index (χ2v) is 9.81. The van der Waals surface area contributed by atoms with Gasteiger partial charge in [0.15, 0.2) is 0 Å². The van der Waals surface area contributed by atoms with E-state index < -0.39 is 0 Å². The van der Waals surface area contributed by atoms with Crippen LogP contribution in [-0.2, 0) is 11.2 Å². The van der Waals surface area contributed by atoms with Gasteiger partial charge in [-0.3, -0.25) is 4.79 Å². The van der Waals surface area contributed by atoms with Gasteiger partial charge in [0.1, 0.15) is 0 Å². The summed E-state index contributed by atoms with van der Waals surface area (Å²) in [6.07, 6.45) is 13.4. The normalized spacial score (nSPS) is 20.0. The van der Waals surface area contributed by atoms with E-state index in [1.165, 1.54) is 44.1 Å². The van der Waals surface area contributed by atoms with Crippen molar-refractivity contribution in [1.29, 1.82) is 5.26 Å². The van der Waals surface area contributed by atoms with Gasteiger partial charge in [0, 0.05) is 11.6 Å². The number of esters is 1. The Morgan fingerprint density at radius 1 is 0.971 bits per heavy atom. The molecule has 182 valence electrons. The van der Waals surface area contributed by atoms with Crippen LogP contribution < -0.4 is 4.74 Å². The number of aromatic nitrogens is 2. The number of carbonyl (C=O) groups is 1. The minimum atomic E-state index is -0.267. The topological polar surface area (TPSA) is 75.9 Å². The van der Waals surface area contributed by atoms with Crippen molar-refractivity contribution in [3.05, 3.63) is 42.0 Å². The van der Waals surface area contributed by atoms with Gasteiger partial charge in [-0.1, -0.05) is 76.6 Å². The van der Waals surface area contributed by atoms with Crippen molar-refractivity contribution in [3.63, 3.8) is 0 Å². The maximum Gasteiger partial charge on any atom is 0.315 e. The second-order valence-electron chi connectivity index (χ2n) is 9.81. The number of benzene rings is 1. The van der Waals surface area contributed by atoms with Gasteiger partial charge in [-0.25, -0.2) is 0 Å². The van der Waals surface area contributed by atoms with Gasteiger partial charge < -0.3 is 4.74 Å². The molecule has 34 heavy (non-hydrogen) atoms. The zero-order chi connectivity index (χ0) is 24.2. The van der Waals surface area contributed by atoms with E-state index in [1.54, 1.807) is 6.07 Å². The van der Waals surface area contributed by atoms with Gasteiger partial charge in [0.05, 0.1) is 23.1 Å². The van der Waals surface area contributed by atoms with Crippen molar-refractivity contribution in [2.45, 2.75) is 97.3 Å². The van der Waals surface area contributed by atoms with Crippen molar-refractivity contribution in [2.24, 2.45) is 11.3 Å². The highest BCUT2D eigenvalue weighted by molar-refractivity contribution is 5.75. The van der Waals surface area contributed by atoms with Crippen LogP contribution in [0.25, 0.3) is 11.3 Å². The Morgan fingerprint density at radius 3 is 2.29 bits per heavy atom. The van der Waals surface area contributed by atoms with Gasteiger partial charge in [-0.05, 0) is 56.6 Å². The first-order chi connectivity index (χ1) is 16.6. The maximum atomic E-state index is 12.7. The lowest BCUT2D eigenvalue weighted by Crippen LogP contribution is -2.31. The number of aryl methyl sites for hydroxylation is 1. The van der Waals surface area contributed by atoms with Gasteiger partial charge >= 0.3 is 5.97 Å². The predicted molar refractivity (Wildman–Crippen MR) is 135 cm³/mol. The largest absolute Gasteiger partial charge is 0.406 e. The molecule has 5 nitrogen and oxygen atoms in total. The molecule has 1 saturated carbocycles. The van der Waals surface area contributed by atoms with Crippen LogP contribution in [-0.4, -0.2) is 16.2 Å². The van der Waals surface area contributed by atoms with E-state index in [0.717, 1.165) is 43.4 Å². The van der Waals surface area contributed by atoms with E-state index in [9.17, 15) is 10.1 Å². The first-order valence-corrected chi connectivity index (χ1v) is 13.1. The van der Waals surface area contributed by atoms with Gasteiger partial charge in [0.2, 0.25) is 5.88 Å². The number of nitriles is 1. The highest BCUT2D eigenvalue weighted by Crippen LogP contribution is 2.42. The molecule has 0 aliphatic heterocycles. The van der Waals surface area contributed by atoms with E-state index in [0.29, 0.717) is 12.8 Å². The third kappa shape index (κ3) is 7.38. The summed E-state index contributed by atoms with van der Waals surface area (Å²) in [5.41, 5.74) is 2.82. The summed E-state index contributed by atoms with van der Waals surface area (Å²) in [7, 11) is 0. The average molecular weight is 462 g/mol. The first kappa shape index (κ1) is 25.9. The van der Waals surface area contributed by atoms with E-state index >= 15 is 0 Å². The molecule has 1 aliphatic carbocycles. The van der Waals surface area contributed by atoms with Gasteiger partial charge in [0.25, 0.3) is 0 Å². The fraction of sp³-hybridized carbons (Fsp3) is 0.586. The Bertz CT molecular complexity index is 923. The van der Waals surface area contributed by atoms with Crippen LogP contribution in [0.5, 0.6) is 5.88 Å². The average Bonchev–Trinajstić information content (AvgIpc) is 2.88. The molecule has 1 aromatic carbocycles. The number of nitrogens with zero attached hydrogens (tertiary/aromatic N) is 3. The van der Waals surface area contributed by atoms with Crippen LogP contribution in [0.15, 0.2) is 36.4 Å². The number of hydrogen-bond acceptors (Lipinski definition) is 5. The standard InChI is InChI=1S/C29H39N3O2/c1-3-5-7-8-9-19-29(22-30)20-17-25(18-21-29)28(33)34-27-16-15-26(31-32-27)24-13-11-23(12-14-24)10-6-4-2/h11-16,25H,3-10,17-21H2,1-2H3/t25-,29-. The molecular weight excluding hydrogens is 422 g/mol. The summed E-state index contributed by atoms with van der Waals surface area (Å²) in [6.45, 7) is 4.41. The van der Waals surface area contributed by atoms with Crippen molar-refractivity contribution in [2.75, 3.05) is 0 Å². The molecule has 0 atom stereocenters. The Kier molecular flexibility index (Phi) is 10.1. The Labute approximate surface area is 204 Å². The number of carbonyl (C=O) groups excluding carboxylic acids is 1. The Hall–Kier alpha value is -2.74. The van der Waals surface area contributed by atoms with E-state index in [-0.39, 0.29) is 23.2 Å². The zero-order valence-electron chi connectivity index (χ0n) is 20.9. The minimum absolute atomic E-state index is 0.168. The lowest BCUT2D eigenvalue weighted by molar-refractivity contribution is -0.140. The minimum Gasteiger partial charge on any atom is -0.406 e. The number of hydrogen-bond donors (Lipinski definition) is 0. The Morgan fingerprint density at radius 2 is 1.68 bits per heavy atom. The van der Waals surface area contributed by atoms with Gasteiger partial charge in [-0.2, -0.15) is 5.26 Å². The monoisotopic (exact) mass is 461 g/mol. The molecular formula is C29H39N3O2. The lowest BCUT2D eigenvalue weighted by atomic mass is 9.69. The fourth-order valence-corrected chi connectivity index (χ4v) is 4.83. The van der Waals surface area contributed by atoms with Crippen LogP contribution in [0.3, 0.4) is 0 Å². The molecule has 1 aromatic heterocycles. The first-order valence-electron chi connectivity index (χ1n) is 13.1. The smallest absolute Gasteiger partial charge is 0.315 e. The predicted octanol–water partition coefficient (Wildman–Crippen LogP) is 7.45. The van der Waals surface area contributed by atoms with Crippen LogP contribution in [0.2, 0.25) is 0 Å². The van der Waals surface area contributed by atoms with Crippen molar-refractivity contribution < 1.29 is 9.53 Å². The molecule has 0 N–H and O–H groups in total. The highest BCUT2D eigenvalue weighted by atomic mass is 16.5. The summed E-state index contributed by atoms with van der Waals surface area (Å²) in [5.74, 6) is -0.183. The van der Waals surface area contributed by atoms with Crippen molar-refractivity contribution in [1.82, 2.24) is 10.2 Å². The molecule has 5 heteroatoms. The molecule has 1 heterocycles. The van der Waals surface area contributed by atoms with Gasteiger partial charge in [-0.15, -0.1) is 10.2 Å². The maximum absolute atomic E-state index is 12.7. The molecule has 3 rings (SSSR count). The van der Waals surface area contributed by atoms with E-state index in [1.807, 2.05) is 6.07 Å². The van der Waals surface area contributed by atoms with Crippen molar-refractivity contribution >= 4 is 5.97 Å². The summed E-state index contributed by atoms with van der Waals surface area (Å²) < 4.78 is 5.54. The molecule has 0 spiro atoms. The summed E-state index contributed by atoms with van der Waals surface area (Å²) in [4.78, 5) is 12.7. The number of unbranched alkanes of at least 4 members (excludes halogenated alkanes) is 5. The molecule has 2 aromatic rings. The molecule has 0 saturated heterocycles. The van der Waals surface area contributed by atoms with Crippen LogP contribution in [0.4, 0.5) is 0 Å². The van der Waals surface area contributed by atoms with Crippen LogP contribution in [0, 0.1) is 22.7 Å². The third-order valence-electron chi connectivity index (χ3n) is 7.19. The number of ether oxygens (including phenoxy) is 1. The van der Waals surface area contributed by atoms with E-state index in [2.05, 4.69) is 54.4 Å². The highest BCUT2D eigenvalue weighted by Gasteiger charge is 2.38. The third-order valence-corrected chi connectivity index (χ3v) is 7.19. The molecule has 1 fully saturated rings. The van der Waals surface area contributed by atoms with Crippen molar-refractivity contribution in [3.8, 4) is 23.2 Å². The summed E-state index contributed by atoms with van der Waals surface area (Å²) in [6, 6.07) is 14.5. The molecule has 0 amide bonds. The Balaban J connectivity index is 1.48. The van der Waals surface area contributed by atoms with Crippen LogP contribution in [0.1, 0.15) is 96.5 Å². The van der Waals surface area contributed by atoms with Crippen LogP contribution >= 0.6 is 0 Å². The molecule has 0 unspecified atom stereocenters. The quantitative estimate of drug-likeness (QED) is 0.242. The SMILES string of the molecule is CCCCCCC[C@]1(C#N)CC[C@H](C(=O)Oc2ccc(-c3ccc(CCCC)cc3)nn2)CC1. The van der Waals surface area contributed by atoms with E-state index in [4.69, 9.17) is 4.74 Å². The second kappa shape index (κ2) is 13.2. The number of rotatable bonds is 12. The lowest BCUT2D eigenvalue weighted by Gasteiger charge is -2.34. The summed E-state index contributed by atoms with van der Waals surface area (Å²) in [5, 5.41) is 18.2. The fourth-order valence-electron chi connectivity index (χ4n) is 4.83. The molecule has 0 radical (unpaired) electrons. The zero-order valence-corrected chi connectivity index (χ0v) is 20.9. The summed E-state index contributed by atoms with van der Waals surface area (Å²) >= 11 is 0. The molecule has 1 aliphatic rings. The molecule has 0 bridgehead atoms.